The molecule has 1 aliphatic carbocycles. The predicted octanol–water partition coefficient (Wildman–Crippen LogP) is 3.76. The van der Waals surface area contributed by atoms with Crippen LogP contribution in [0.15, 0.2) is 6.07 Å². The van der Waals surface area contributed by atoms with Crippen LogP contribution in [0.4, 0.5) is 0 Å². The molecular formula is C14H23NS. The van der Waals surface area contributed by atoms with Crippen molar-refractivity contribution >= 4 is 11.3 Å². The largest absolute Gasteiger partial charge is 0.309 e. The Balaban J connectivity index is 1.89. The molecule has 0 aromatic carbocycles. The topological polar surface area (TPSA) is 12.0 Å². The van der Waals surface area contributed by atoms with Gasteiger partial charge in [0.2, 0.25) is 0 Å². The second-order valence-corrected chi connectivity index (χ2v) is 6.38. The Kier molecular flexibility index (Phi) is 4.04. The van der Waals surface area contributed by atoms with E-state index >= 15 is 0 Å². The second kappa shape index (κ2) is 5.33. The van der Waals surface area contributed by atoms with Gasteiger partial charge >= 0.3 is 0 Å². The number of aryl methyl sites for hydroxylation is 2. The molecule has 1 aromatic rings. The van der Waals surface area contributed by atoms with Gasteiger partial charge in [-0.1, -0.05) is 20.8 Å². The molecule has 0 spiro atoms. The minimum Gasteiger partial charge on any atom is -0.309 e. The highest BCUT2D eigenvalue weighted by atomic mass is 32.1. The summed E-state index contributed by atoms with van der Waals surface area (Å²) in [6.45, 7) is 7.94. The molecule has 1 atom stereocenters. The number of hydrogen-bond donors (Lipinski definition) is 1. The molecule has 0 bridgehead atoms. The maximum Gasteiger partial charge on any atom is 0.0302 e. The van der Waals surface area contributed by atoms with E-state index in [0.29, 0.717) is 6.04 Å². The Morgan fingerprint density at radius 1 is 1.38 bits per heavy atom. The summed E-state index contributed by atoms with van der Waals surface area (Å²) in [5.41, 5.74) is 1.62. The summed E-state index contributed by atoms with van der Waals surface area (Å²) >= 11 is 2.02. The molecule has 0 saturated heterocycles. The van der Waals surface area contributed by atoms with E-state index in [1.54, 1.807) is 10.4 Å². The molecule has 0 saturated carbocycles. The van der Waals surface area contributed by atoms with Crippen molar-refractivity contribution in [3.8, 4) is 0 Å². The van der Waals surface area contributed by atoms with Gasteiger partial charge in [0.25, 0.3) is 0 Å². The fourth-order valence-electron chi connectivity index (χ4n) is 2.56. The summed E-state index contributed by atoms with van der Waals surface area (Å²) in [6, 6.07) is 3.09. The zero-order valence-electron chi connectivity index (χ0n) is 10.7. The van der Waals surface area contributed by atoms with Crippen LogP contribution >= 0.6 is 11.3 Å². The molecule has 1 aromatic heterocycles. The average molecular weight is 237 g/mol. The highest BCUT2D eigenvalue weighted by Crippen LogP contribution is 2.30. The third-order valence-electron chi connectivity index (χ3n) is 3.58. The summed E-state index contributed by atoms with van der Waals surface area (Å²) in [5.74, 6) is 0.733. The first-order valence-electron chi connectivity index (χ1n) is 6.54. The van der Waals surface area contributed by atoms with Gasteiger partial charge in [0.15, 0.2) is 0 Å². The average Bonchev–Trinajstić information content (AvgIpc) is 2.77. The molecule has 0 fully saturated rings. The van der Waals surface area contributed by atoms with Gasteiger partial charge in [0.05, 0.1) is 0 Å². The second-order valence-electron chi connectivity index (χ2n) is 5.15. The van der Waals surface area contributed by atoms with Crippen molar-refractivity contribution in [3.05, 3.63) is 21.4 Å². The quantitative estimate of drug-likeness (QED) is 0.822. The van der Waals surface area contributed by atoms with E-state index in [1.807, 2.05) is 11.3 Å². The molecule has 0 radical (unpaired) electrons. The Morgan fingerprint density at radius 3 is 2.81 bits per heavy atom. The van der Waals surface area contributed by atoms with Gasteiger partial charge in [-0.3, -0.25) is 0 Å². The van der Waals surface area contributed by atoms with E-state index in [4.69, 9.17) is 0 Å². The number of rotatable bonds is 5. The van der Waals surface area contributed by atoms with Crippen molar-refractivity contribution < 1.29 is 0 Å². The zero-order valence-corrected chi connectivity index (χ0v) is 11.5. The fourth-order valence-corrected chi connectivity index (χ4v) is 3.77. The summed E-state index contributed by atoms with van der Waals surface area (Å²) in [4.78, 5) is 3.18. The molecule has 1 unspecified atom stereocenters. The lowest BCUT2D eigenvalue weighted by Gasteiger charge is -2.20. The van der Waals surface area contributed by atoms with Crippen molar-refractivity contribution in [1.82, 2.24) is 5.32 Å². The molecule has 90 valence electrons. The van der Waals surface area contributed by atoms with E-state index in [2.05, 4.69) is 32.2 Å². The van der Waals surface area contributed by atoms with Crippen molar-refractivity contribution in [3.63, 3.8) is 0 Å². The number of hydrogen-bond acceptors (Lipinski definition) is 2. The van der Waals surface area contributed by atoms with Crippen molar-refractivity contribution in [1.29, 1.82) is 0 Å². The highest BCUT2D eigenvalue weighted by molar-refractivity contribution is 7.12. The Hall–Kier alpha value is -0.340. The normalized spacial score (nSPS) is 16.8. The molecule has 0 aliphatic heterocycles. The van der Waals surface area contributed by atoms with Crippen LogP contribution < -0.4 is 5.32 Å². The van der Waals surface area contributed by atoms with E-state index in [1.165, 1.54) is 30.6 Å². The molecule has 1 nitrogen and oxygen atoms in total. The minimum atomic E-state index is 0.664. The van der Waals surface area contributed by atoms with Gasteiger partial charge in [0, 0.05) is 22.3 Å². The van der Waals surface area contributed by atoms with Crippen LogP contribution in [-0.2, 0) is 19.4 Å². The van der Waals surface area contributed by atoms with Crippen LogP contribution in [0.3, 0.4) is 0 Å². The van der Waals surface area contributed by atoms with Crippen molar-refractivity contribution in [2.45, 2.75) is 59.0 Å². The third kappa shape index (κ3) is 2.67. The highest BCUT2D eigenvalue weighted by Gasteiger charge is 2.16. The summed E-state index contributed by atoms with van der Waals surface area (Å²) in [6.07, 6.45) is 5.23. The van der Waals surface area contributed by atoms with Crippen LogP contribution in [-0.4, -0.2) is 6.04 Å². The van der Waals surface area contributed by atoms with E-state index < -0.39 is 0 Å². The van der Waals surface area contributed by atoms with Crippen molar-refractivity contribution in [2.24, 2.45) is 5.92 Å². The maximum absolute atomic E-state index is 3.68. The Morgan fingerprint density at radius 2 is 2.19 bits per heavy atom. The van der Waals surface area contributed by atoms with Gasteiger partial charge in [-0.25, -0.2) is 0 Å². The number of fused-ring (bicyclic) bond motifs is 1. The monoisotopic (exact) mass is 237 g/mol. The summed E-state index contributed by atoms with van der Waals surface area (Å²) < 4.78 is 0. The van der Waals surface area contributed by atoms with Gasteiger partial charge in [-0.15, -0.1) is 11.3 Å². The number of thiophene rings is 1. The first-order valence-corrected chi connectivity index (χ1v) is 7.36. The van der Waals surface area contributed by atoms with Gasteiger partial charge in [-0.2, -0.15) is 0 Å². The predicted molar refractivity (Wildman–Crippen MR) is 72.1 cm³/mol. The lowest BCUT2D eigenvalue weighted by molar-refractivity contribution is 0.389. The Labute approximate surface area is 103 Å². The standard InChI is InChI=1S/C14H23NS/c1-4-13(10(2)3)15-9-12-8-11-6-5-7-14(11)16-12/h8,10,13,15H,4-7,9H2,1-3H3. The molecule has 16 heavy (non-hydrogen) atoms. The molecular weight excluding hydrogens is 214 g/mol. The molecule has 2 rings (SSSR count). The first kappa shape index (κ1) is 12.1. The number of nitrogens with one attached hydrogen (secondary N) is 1. The molecule has 1 aliphatic rings. The Bertz CT molecular complexity index is 319. The van der Waals surface area contributed by atoms with Crippen LogP contribution in [0.5, 0.6) is 0 Å². The molecule has 1 N–H and O–H groups in total. The van der Waals surface area contributed by atoms with E-state index in [-0.39, 0.29) is 0 Å². The van der Waals surface area contributed by atoms with Gasteiger partial charge in [0.1, 0.15) is 0 Å². The van der Waals surface area contributed by atoms with Crippen LogP contribution in [0.25, 0.3) is 0 Å². The first-order chi connectivity index (χ1) is 7.70. The van der Waals surface area contributed by atoms with Crippen LogP contribution in [0.2, 0.25) is 0 Å². The van der Waals surface area contributed by atoms with Gasteiger partial charge in [-0.05, 0) is 43.2 Å². The van der Waals surface area contributed by atoms with E-state index in [9.17, 15) is 0 Å². The minimum absolute atomic E-state index is 0.664. The van der Waals surface area contributed by atoms with Crippen molar-refractivity contribution in [2.75, 3.05) is 0 Å². The third-order valence-corrected chi connectivity index (χ3v) is 4.82. The smallest absolute Gasteiger partial charge is 0.0302 e. The molecule has 0 amide bonds. The zero-order chi connectivity index (χ0) is 11.5. The molecule has 1 heterocycles. The SMILES string of the molecule is CCC(NCc1cc2c(s1)CCC2)C(C)C. The summed E-state index contributed by atoms with van der Waals surface area (Å²) in [5, 5.41) is 3.68. The van der Waals surface area contributed by atoms with Crippen LogP contribution in [0, 0.1) is 5.92 Å². The van der Waals surface area contributed by atoms with Crippen LogP contribution in [0.1, 0.15) is 48.9 Å². The summed E-state index contributed by atoms with van der Waals surface area (Å²) in [7, 11) is 0. The molecule has 2 heteroatoms. The fraction of sp³-hybridized carbons (Fsp3) is 0.714. The maximum atomic E-state index is 3.68. The van der Waals surface area contributed by atoms with E-state index in [0.717, 1.165) is 12.5 Å². The lowest BCUT2D eigenvalue weighted by atomic mass is 10.0. The lowest BCUT2D eigenvalue weighted by Crippen LogP contribution is -2.32. The van der Waals surface area contributed by atoms with Gasteiger partial charge < -0.3 is 5.32 Å².